The van der Waals surface area contributed by atoms with Gasteiger partial charge in [-0.3, -0.25) is 4.79 Å². The van der Waals surface area contributed by atoms with Crippen molar-refractivity contribution in [3.05, 3.63) is 17.7 Å². The number of benzene rings is 1. The van der Waals surface area contributed by atoms with Crippen molar-refractivity contribution in [3.8, 4) is 17.2 Å². The van der Waals surface area contributed by atoms with Gasteiger partial charge in [0.1, 0.15) is 19.0 Å². The van der Waals surface area contributed by atoms with Crippen LogP contribution in [0, 0.1) is 0 Å². The summed E-state index contributed by atoms with van der Waals surface area (Å²) in [5, 5.41) is 0. The van der Waals surface area contributed by atoms with Crippen LogP contribution in [-0.4, -0.2) is 30.2 Å². The van der Waals surface area contributed by atoms with Gasteiger partial charge in [0.05, 0.1) is 6.54 Å². The molecule has 94 valence electrons. The number of hydrogen-bond acceptors (Lipinski definition) is 4. The van der Waals surface area contributed by atoms with E-state index in [0.29, 0.717) is 26.2 Å². The van der Waals surface area contributed by atoms with E-state index in [9.17, 15) is 4.79 Å². The zero-order valence-electron chi connectivity index (χ0n) is 9.85. The second-order valence-corrected chi connectivity index (χ2v) is 4.74. The van der Waals surface area contributed by atoms with Gasteiger partial charge >= 0.3 is 0 Å². The van der Waals surface area contributed by atoms with Gasteiger partial charge in [0.25, 0.3) is 0 Å². The predicted octanol–water partition coefficient (Wildman–Crippen LogP) is 1.30. The summed E-state index contributed by atoms with van der Waals surface area (Å²) < 4.78 is 16.9. The number of fused-ring (bicyclic) bond motifs is 3. The maximum atomic E-state index is 11.7. The van der Waals surface area contributed by atoms with Gasteiger partial charge in [-0.15, -0.1) is 0 Å². The van der Waals surface area contributed by atoms with Crippen LogP contribution >= 0.6 is 0 Å². The highest BCUT2D eigenvalue weighted by atomic mass is 16.6. The van der Waals surface area contributed by atoms with E-state index in [1.807, 2.05) is 12.1 Å². The largest absolute Gasteiger partial charge is 0.486 e. The Bertz CT molecular complexity index is 528. The smallest absolute Gasteiger partial charge is 0.225 e. The van der Waals surface area contributed by atoms with Crippen LogP contribution < -0.4 is 14.2 Å². The van der Waals surface area contributed by atoms with Crippen LogP contribution in [0.15, 0.2) is 12.1 Å². The topological polar surface area (TPSA) is 48.0 Å². The number of carbonyl (C=O) groups is 1. The van der Waals surface area contributed by atoms with E-state index in [2.05, 4.69) is 0 Å². The van der Waals surface area contributed by atoms with Crippen LogP contribution in [0.25, 0.3) is 0 Å². The third-order valence-electron chi connectivity index (χ3n) is 3.60. The monoisotopic (exact) mass is 247 g/mol. The van der Waals surface area contributed by atoms with E-state index in [4.69, 9.17) is 14.2 Å². The quantitative estimate of drug-likeness (QED) is 0.693. The number of ether oxygens (including phenoxy) is 3. The molecule has 0 aliphatic carbocycles. The van der Waals surface area contributed by atoms with E-state index in [1.54, 1.807) is 4.90 Å². The van der Waals surface area contributed by atoms with Gasteiger partial charge in [-0.25, -0.2) is 0 Å². The summed E-state index contributed by atoms with van der Waals surface area (Å²) in [7, 11) is 0. The second kappa shape index (κ2) is 3.54. The number of amides is 1. The highest BCUT2D eigenvalue weighted by Gasteiger charge is 2.37. The summed E-state index contributed by atoms with van der Waals surface area (Å²) in [5.41, 5.74) is 0.991. The van der Waals surface area contributed by atoms with Crippen LogP contribution in [0.4, 0.5) is 0 Å². The van der Waals surface area contributed by atoms with Gasteiger partial charge in [-0.05, 0) is 6.07 Å². The van der Waals surface area contributed by atoms with E-state index < -0.39 is 0 Å². The fourth-order valence-corrected chi connectivity index (χ4v) is 2.70. The lowest BCUT2D eigenvalue weighted by Crippen LogP contribution is -2.39. The molecule has 5 heteroatoms. The molecule has 5 nitrogen and oxygen atoms in total. The van der Waals surface area contributed by atoms with Crippen molar-refractivity contribution >= 4 is 5.91 Å². The van der Waals surface area contributed by atoms with Crippen LogP contribution in [0.2, 0.25) is 0 Å². The summed E-state index contributed by atoms with van der Waals surface area (Å²) in [5.74, 6) is 2.46. The lowest BCUT2D eigenvalue weighted by molar-refractivity contribution is -0.134. The van der Waals surface area contributed by atoms with E-state index in [1.165, 1.54) is 0 Å². The van der Waals surface area contributed by atoms with E-state index in [-0.39, 0.29) is 12.1 Å². The summed E-state index contributed by atoms with van der Waals surface area (Å²) in [6, 6.07) is 3.80. The summed E-state index contributed by atoms with van der Waals surface area (Å²) in [6.45, 7) is 1.74. The molecule has 0 radical (unpaired) electrons. The first-order chi connectivity index (χ1) is 8.81. The minimum Gasteiger partial charge on any atom is -0.486 e. The third kappa shape index (κ3) is 1.36. The maximum Gasteiger partial charge on any atom is 0.225 e. The Morgan fingerprint density at radius 2 is 1.89 bits per heavy atom. The third-order valence-corrected chi connectivity index (χ3v) is 3.60. The molecule has 1 saturated heterocycles. The van der Waals surface area contributed by atoms with Crippen molar-refractivity contribution in [2.45, 2.75) is 25.6 Å². The van der Waals surface area contributed by atoms with Gasteiger partial charge in [0, 0.05) is 24.5 Å². The number of hydrogen-bond donors (Lipinski definition) is 0. The molecule has 1 fully saturated rings. The molecule has 0 spiro atoms. The molecule has 1 aromatic rings. The van der Waals surface area contributed by atoms with Crippen LogP contribution in [0.3, 0.4) is 0 Å². The summed E-state index contributed by atoms with van der Waals surface area (Å²) >= 11 is 0. The van der Waals surface area contributed by atoms with Crippen molar-refractivity contribution in [2.24, 2.45) is 0 Å². The zero-order valence-corrected chi connectivity index (χ0v) is 9.85. The second-order valence-electron chi connectivity index (χ2n) is 4.74. The predicted molar refractivity (Wildman–Crippen MR) is 61.6 cm³/mol. The molecule has 3 heterocycles. The minimum absolute atomic E-state index is 0.104. The SMILES string of the molecule is O=C1CCC2Oc3cc4c(cc3CN12)OCCO4. The molecule has 1 atom stereocenters. The van der Waals surface area contributed by atoms with Crippen molar-refractivity contribution < 1.29 is 19.0 Å². The van der Waals surface area contributed by atoms with Crippen LogP contribution in [0.1, 0.15) is 18.4 Å². The van der Waals surface area contributed by atoms with Gasteiger partial charge in [0.2, 0.25) is 5.91 Å². The van der Waals surface area contributed by atoms with Crippen molar-refractivity contribution in [3.63, 3.8) is 0 Å². The van der Waals surface area contributed by atoms with Crippen LogP contribution in [0.5, 0.6) is 17.2 Å². The molecule has 0 N–H and O–H groups in total. The Kier molecular flexibility index (Phi) is 1.98. The van der Waals surface area contributed by atoms with E-state index >= 15 is 0 Å². The Hall–Kier alpha value is -1.91. The molecule has 3 aliphatic heterocycles. The molecule has 18 heavy (non-hydrogen) atoms. The normalized spacial score (nSPS) is 24.3. The molecular formula is C13H13NO4. The van der Waals surface area contributed by atoms with Gasteiger partial charge in [-0.2, -0.15) is 0 Å². The first-order valence-corrected chi connectivity index (χ1v) is 6.20. The molecule has 4 rings (SSSR count). The number of nitrogens with zero attached hydrogens (tertiary/aromatic N) is 1. The highest BCUT2D eigenvalue weighted by molar-refractivity contribution is 5.79. The Balaban J connectivity index is 1.74. The Morgan fingerprint density at radius 3 is 2.72 bits per heavy atom. The number of rotatable bonds is 0. The molecule has 0 saturated carbocycles. The molecule has 0 aromatic heterocycles. The lowest BCUT2D eigenvalue weighted by atomic mass is 10.1. The van der Waals surface area contributed by atoms with Crippen molar-refractivity contribution in [2.75, 3.05) is 13.2 Å². The first-order valence-electron chi connectivity index (χ1n) is 6.20. The molecule has 1 unspecified atom stereocenters. The zero-order chi connectivity index (χ0) is 12.1. The maximum absolute atomic E-state index is 11.7. The summed E-state index contributed by atoms with van der Waals surface area (Å²) in [6.07, 6.45) is 1.24. The molecule has 3 aliphatic rings. The standard InChI is InChI=1S/C13H13NO4/c15-12-1-2-13-14(12)7-8-5-10-11(6-9(8)18-13)17-4-3-16-10/h5-6,13H,1-4,7H2. The molecular weight excluding hydrogens is 234 g/mol. The minimum atomic E-state index is -0.104. The average molecular weight is 247 g/mol. The Labute approximate surface area is 104 Å². The molecule has 1 amide bonds. The highest BCUT2D eigenvalue weighted by Crippen LogP contribution is 2.41. The van der Waals surface area contributed by atoms with E-state index in [0.717, 1.165) is 29.2 Å². The van der Waals surface area contributed by atoms with Gasteiger partial charge < -0.3 is 19.1 Å². The molecule has 0 bridgehead atoms. The first kappa shape index (κ1) is 10.1. The van der Waals surface area contributed by atoms with Gasteiger partial charge in [-0.1, -0.05) is 0 Å². The average Bonchev–Trinajstić information content (AvgIpc) is 2.75. The molecule has 1 aromatic carbocycles. The van der Waals surface area contributed by atoms with Crippen LogP contribution in [-0.2, 0) is 11.3 Å². The number of carbonyl (C=O) groups excluding carboxylic acids is 1. The van der Waals surface area contributed by atoms with Gasteiger partial charge in [0.15, 0.2) is 17.7 Å². The fourth-order valence-electron chi connectivity index (χ4n) is 2.70. The fraction of sp³-hybridized carbons (Fsp3) is 0.462. The lowest BCUT2D eigenvalue weighted by Gasteiger charge is -2.33. The van der Waals surface area contributed by atoms with Crippen molar-refractivity contribution in [1.29, 1.82) is 0 Å². The van der Waals surface area contributed by atoms with Crippen molar-refractivity contribution in [1.82, 2.24) is 4.90 Å². The Morgan fingerprint density at radius 1 is 1.11 bits per heavy atom. The summed E-state index contributed by atoms with van der Waals surface area (Å²) in [4.78, 5) is 13.5.